The van der Waals surface area contributed by atoms with Crippen molar-refractivity contribution in [3.8, 4) is 5.75 Å². The molecule has 80 valence electrons. The minimum atomic E-state index is 0.585. The van der Waals surface area contributed by atoms with Crippen molar-refractivity contribution in [3.63, 3.8) is 0 Å². The smallest absolute Gasteiger partial charge is 0.142 e. The Bertz CT molecular complexity index is 386. The Hall–Kier alpha value is -0.610. The standard InChI is InChI=1S/C11H10Br2O2/c1-2-15-11-8(4-3-5-14)6-9(12)7-10(11)13/h3-7H,2H2,1H3. The molecule has 0 aliphatic rings. The normalized spacial score (nSPS) is 10.6. The first kappa shape index (κ1) is 12.5. The van der Waals surface area contributed by atoms with Crippen molar-refractivity contribution in [1.29, 1.82) is 0 Å². The second kappa shape index (κ2) is 6.08. The number of hydrogen-bond acceptors (Lipinski definition) is 2. The van der Waals surface area contributed by atoms with Crippen LogP contribution in [0.5, 0.6) is 5.75 Å². The van der Waals surface area contributed by atoms with E-state index in [4.69, 9.17) is 4.74 Å². The average molecular weight is 334 g/mol. The highest BCUT2D eigenvalue weighted by Crippen LogP contribution is 2.33. The quantitative estimate of drug-likeness (QED) is 0.618. The molecule has 0 unspecified atom stereocenters. The van der Waals surface area contributed by atoms with E-state index in [1.807, 2.05) is 19.1 Å². The number of allylic oxidation sites excluding steroid dienone is 1. The topological polar surface area (TPSA) is 26.3 Å². The predicted octanol–water partition coefficient (Wildman–Crippen LogP) is 3.82. The van der Waals surface area contributed by atoms with Crippen LogP contribution in [0.15, 0.2) is 27.2 Å². The molecule has 4 heteroatoms. The third kappa shape index (κ3) is 3.47. The van der Waals surface area contributed by atoms with Crippen molar-refractivity contribution in [3.05, 3.63) is 32.7 Å². The van der Waals surface area contributed by atoms with Crippen molar-refractivity contribution in [2.45, 2.75) is 6.92 Å². The largest absolute Gasteiger partial charge is 0.492 e. The van der Waals surface area contributed by atoms with Gasteiger partial charge < -0.3 is 4.74 Å². The van der Waals surface area contributed by atoms with Gasteiger partial charge in [-0.2, -0.15) is 0 Å². The zero-order valence-corrected chi connectivity index (χ0v) is 11.3. The maximum absolute atomic E-state index is 10.3. The third-order valence-electron chi connectivity index (χ3n) is 1.68. The molecule has 0 aliphatic carbocycles. The minimum Gasteiger partial charge on any atom is -0.492 e. The van der Waals surface area contributed by atoms with Gasteiger partial charge in [0.1, 0.15) is 12.0 Å². The van der Waals surface area contributed by atoms with Gasteiger partial charge in [-0.3, -0.25) is 4.79 Å². The van der Waals surface area contributed by atoms with Gasteiger partial charge in [-0.15, -0.1) is 0 Å². The molecule has 0 atom stereocenters. The highest BCUT2D eigenvalue weighted by molar-refractivity contribution is 9.11. The van der Waals surface area contributed by atoms with Crippen molar-refractivity contribution >= 4 is 44.2 Å². The number of halogens is 2. The van der Waals surface area contributed by atoms with Gasteiger partial charge in [-0.25, -0.2) is 0 Å². The van der Waals surface area contributed by atoms with Gasteiger partial charge in [0.25, 0.3) is 0 Å². The SMILES string of the molecule is CCOc1c(Br)cc(Br)cc1C=CC=O. The van der Waals surface area contributed by atoms with Gasteiger partial charge in [0, 0.05) is 10.0 Å². The summed E-state index contributed by atoms with van der Waals surface area (Å²) in [5.74, 6) is 0.749. The molecule has 0 radical (unpaired) electrons. The zero-order valence-electron chi connectivity index (χ0n) is 8.17. The van der Waals surface area contributed by atoms with Crippen LogP contribution < -0.4 is 4.74 Å². The first-order valence-corrected chi connectivity index (χ1v) is 6.01. The first-order chi connectivity index (χ1) is 7.19. The average Bonchev–Trinajstić information content (AvgIpc) is 2.19. The Balaban J connectivity index is 3.19. The number of benzene rings is 1. The summed E-state index contributed by atoms with van der Waals surface area (Å²) >= 11 is 6.80. The van der Waals surface area contributed by atoms with Gasteiger partial charge in [0.2, 0.25) is 0 Å². The van der Waals surface area contributed by atoms with E-state index in [0.717, 1.165) is 26.5 Å². The van der Waals surface area contributed by atoms with Gasteiger partial charge in [0.05, 0.1) is 11.1 Å². The van der Waals surface area contributed by atoms with Gasteiger partial charge >= 0.3 is 0 Å². The third-order valence-corrected chi connectivity index (χ3v) is 2.73. The van der Waals surface area contributed by atoms with Crippen LogP contribution in [0.2, 0.25) is 0 Å². The van der Waals surface area contributed by atoms with Crippen LogP contribution in [0.25, 0.3) is 6.08 Å². The minimum absolute atomic E-state index is 0.585. The molecule has 1 rings (SSSR count). The molecule has 0 heterocycles. The van der Waals surface area contributed by atoms with E-state index in [9.17, 15) is 4.79 Å². The van der Waals surface area contributed by atoms with E-state index in [-0.39, 0.29) is 0 Å². The fourth-order valence-corrected chi connectivity index (χ4v) is 2.52. The molecule has 1 aromatic rings. The van der Waals surface area contributed by atoms with Crippen LogP contribution in [0.4, 0.5) is 0 Å². The van der Waals surface area contributed by atoms with Crippen molar-refractivity contribution < 1.29 is 9.53 Å². The molecule has 2 nitrogen and oxygen atoms in total. The van der Waals surface area contributed by atoms with E-state index < -0.39 is 0 Å². The van der Waals surface area contributed by atoms with E-state index in [0.29, 0.717) is 6.61 Å². The molecule has 15 heavy (non-hydrogen) atoms. The molecule has 0 fully saturated rings. The molecular weight excluding hydrogens is 324 g/mol. The second-order valence-corrected chi connectivity index (χ2v) is 4.50. The maximum atomic E-state index is 10.3. The summed E-state index contributed by atoms with van der Waals surface area (Å²) in [5.41, 5.74) is 0.866. The number of aldehydes is 1. The lowest BCUT2D eigenvalue weighted by molar-refractivity contribution is -0.104. The predicted molar refractivity (Wildman–Crippen MR) is 68.1 cm³/mol. The molecule has 1 aromatic carbocycles. The van der Waals surface area contributed by atoms with E-state index >= 15 is 0 Å². The summed E-state index contributed by atoms with van der Waals surface area (Å²) in [5, 5.41) is 0. The summed E-state index contributed by atoms with van der Waals surface area (Å²) in [6.45, 7) is 2.50. The van der Waals surface area contributed by atoms with Gasteiger partial charge in [-0.1, -0.05) is 15.9 Å². The molecular formula is C11H10Br2O2. The Morgan fingerprint density at radius 1 is 1.40 bits per heavy atom. The Morgan fingerprint density at radius 3 is 2.73 bits per heavy atom. The summed E-state index contributed by atoms with van der Waals surface area (Å²) in [7, 11) is 0. The molecule has 0 saturated heterocycles. The highest BCUT2D eigenvalue weighted by atomic mass is 79.9. The number of hydrogen-bond donors (Lipinski definition) is 0. The highest BCUT2D eigenvalue weighted by Gasteiger charge is 2.07. The number of ether oxygens (including phenoxy) is 1. The van der Waals surface area contributed by atoms with Crippen LogP contribution in [0.3, 0.4) is 0 Å². The summed E-state index contributed by atoms with van der Waals surface area (Å²) in [4.78, 5) is 10.3. The van der Waals surface area contributed by atoms with Crippen LogP contribution in [0, 0.1) is 0 Å². The zero-order chi connectivity index (χ0) is 11.3. The van der Waals surface area contributed by atoms with Crippen molar-refractivity contribution in [1.82, 2.24) is 0 Å². The summed E-state index contributed by atoms with van der Waals surface area (Å²) < 4.78 is 7.28. The Labute approximate surface area is 106 Å². The lowest BCUT2D eigenvalue weighted by atomic mass is 10.2. The van der Waals surface area contributed by atoms with E-state index in [1.165, 1.54) is 6.08 Å². The molecule has 0 aromatic heterocycles. The molecule has 0 N–H and O–H groups in total. The molecule has 0 amide bonds. The Morgan fingerprint density at radius 2 is 2.13 bits per heavy atom. The summed E-state index contributed by atoms with van der Waals surface area (Å²) in [6, 6.07) is 3.80. The van der Waals surface area contributed by atoms with Gasteiger partial charge in [-0.05, 0) is 47.1 Å². The second-order valence-electron chi connectivity index (χ2n) is 2.73. The summed E-state index contributed by atoms with van der Waals surface area (Å²) in [6.07, 6.45) is 3.90. The lowest BCUT2D eigenvalue weighted by Gasteiger charge is -2.10. The van der Waals surface area contributed by atoms with Gasteiger partial charge in [0.15, 0.2) is 0 Å². The number of carbonyl (C=O) groups excluding carboxylic acids is 1. The Kier molecular flexibility index (Phi) is 5.05. The van der Waals surface area contributed by atoms with Crippen molar-refractivity contribution in [2.75, 3.05) is 6.61 Å². The lowest BCUT2D eigenvalue weighted by Crippen LogP contribution is -1.95. The molecule has 0 bridgehead atoms. The molecule has 0 spiro atoms. The van der Waals surface area contributed by atoms with Crippen LogP contribution >= 0.6 is 31.9 Å². The van der Waals surface area contributed by atoms with Crippen LogP contribution in [-0.4, -0.2) is 12.9 Å². The van der Waals surface area contributed by atoms with Crippen LogP contribution in [0.1, 0.15) is 12.5 Å². The molecule has 0 aliphatic heterocycles. The van der Waals surface area contributed by atoms with Crippen molar-refractivity contribution in [2.24, 2.45) is 0 Å². The van der Waals surface area contributed by atoms with Crippen LogP contribution in [-0.2, 0) is 4.79 Å². The molecule has 0 saturated carbocycles. The van der Waals surface area contributed by atoms with E-state index in [1.54, 1.807) is 6.08 Å². The monoisotopic (exact) mass is 332 g/mol. The van der Waals surface area contributed by atoms with E-state index in [2.05, 4.69) is 31.9 Å². The number of carbonyl (C=O) groups is 1. The fraction of sp³-hybridized carbons (Fsp3) is 0.182. The first-order valence-electron chi connectivity index (χ1n) is 4.42. The maximum Gasteiger partial charge on any atom is 0.142 e. The number of rotatable bonds is 4. The fourth-order valence-electron chi connectivity index (χ4n) is 1.14.